The third-order valence-electron chi connectivity index (χ3n) is 5.03. The highest BCUT2D eigenvalue weighted by Gasteiger charge is 2.41. The Hall–Kier alpha value is -0.580. The molecule has 2 aliphatic carbocycles. The third-order valence-corrected chi connectivity index (χ3v) is 5.53. The van der Waals surface area contributed by atoms with E-state index in [1.165, 1.54) is 12.0 Å². The van der Waals surface area contributed by atoms with Crippen LogP contribution in [0.5, 0.6) is 0 Å². The van der Waals surface area contributed by atoms with Crippen LogP contribution < -0.4 is 11.1 Å². The quantitative estimate of drug-likeness (QED) is 0.827. The second-order valence-corrected chi connectivity index (χ2v) is 7.47. The van der Waals surface area contributed by atoms with Crippen LogP contribution in [0.1, 0.15) is 50.5 Å². The molecular weight excluding hydrogens is 364 g/mol. The van der Waals surface area contributed by atoms with Gasteiger partial charge in [-0.05, 0) is 56.2 Å². The third kappa shape index (κ3) is 3.66. The maximum atomic E-state index is 12.6. The predicted octanol–water partition coefficient (Wildman–Crippen LogP) is 3.88. The first kappa shape index (κ1) is 17.8. The number of carbonyl (C=O) groups excluding carboxylic acids is 1. The lowest BCUT2D eigenvalue weighted by Crippen LogP contribution is -2.53. The van der Waals surface area contributed by atoms with Crippen molar-refractivity contribution >= 4 is 34.2 Å². The van der Waals surface area contributed by atoms with E-state index < -0.39 is 0 Å². The van der Waals surface area contributed by atoms with Crippen molar-refractivity contribution in [1.82, 2.24) is 5.32 Å². The fourth-order valence-corrected chi connectivity index (χ4v) is 4.01. The Balaban J connectivity index is 0.00000176. The fourth-order valence-electron chi connectivity index (χ4n) is 3.61. The van der Waals surface area contributed by atoms with Crippen LogP contribution in [0.3, 0.4) is 0 Å². The van der Waals surface area contributed by atoms with Crippen LogP contribution in [0.15, 0.2) is 28.7 Å². The summed E-state index contributed by atoms with van der Waals surface area (Å²) in [4.78, 5) is 12.6. The molecule has 0 heterocycles. The number of nitrogens with one attached hydrogen (secondary N) is 1. The molecule has 2 saturated carbocycles. The number of hydrogen-bond acceptors (Lipinski definition) is 2. The molecule has 3 nitrogen and oxygen atoms in total. The van der Waals surface area contributed by atoms with E-state index in [0.29, 0.717) is 0 Å². The van der Waals surface area contributed by atoms with Gasteiger partial charge >= 0.3 is 0 Å². The summed E-state index contributed by atoms with van der Waals surface area (Å²) >= 11 is 3.53. The Morgan fingerprint density at radius 2 is 2.05 bits per heavy atom. The average Bonchev–Trinajstić information content (AvgIpc) is 2.42. The van der Waals surface area contributed by atoms with Crippen molar-refractivity contribution in [3.8, 4) is 0 Å². The van der Waals surface area contributed by atoms with Crippen molar-refractivity contribution in [3.63, 3.8) is 0 Å². The minimum atomic E-state index is -0.150. The zero-order chi connectivity index (χ0) is 14.9. The van der Waals surface area contributed by atoms with Gasteiger partial charge in [-0.25, -0.2) is 0 Å². The molecule has 2 aliphatic rings. The zero-order valence-electron chi connectivity index (χ0n) is 12.7. The highest BCUT2D eigenvalue weighted by Crippen LogP contribution is 2.42. The van der Waals surface area contributed by atoms with E-state index in [1.54, 1.807) is 0 Å². The van der Waals surface area contributed by atoms with E-state index in [4.69, 9.17) is 5.73 Å². The predicted molar refractivity (Wildman–Crippen MR) is 95.0 cm³/mol. The van der Waals surface area contributed by atoms with Gasteiger partial charge in [0.1, 0.15) is 0 Å². The van der Waals surface area contributed by atoms with Gasteiger partial charge in [-0.15, -0.1) is 12.4 Å². The Bertz CT molecular complexity index is 533. The minimum absolute atomic E-state index is 0. The maximum Gasteiger partial charge on any atom is 0.223 e. The van der Waals surface area contributed by atoms with Crippen LogP contribution >= 0.6 is 28.3 Å². The van der Waals surface area contributed by atoms with Crippen molar-refractivity contribution in [1.29, 1.82) is 0 Å². The zero-order valence-corrected chi connectivity index (χ0v) is 15.1. The number of rotatable bonds is 3. The van der Waals surface area contributed by atoms with E-state index in [9.17, 15) is 4.79 Å². The Labute approximate surface area is 147 Å². The standard InChI is InChI=1S/C17H23BrN2O.ClH/c18-14-6-2-5-13(11-14)17(8-3-9-17)20-16(21)12-4-1-7-15(19)10-12;/h2,5-6,11-12,15H,1,3-4,7-10,19H2,(H,20,21);1H. The van der Waals surface area contributed by atoms with Crippen LogP contribution in [-0.2, 0) is 10.3 Å². The molecule has 2 fully saturated rings. The second-order valence-electron chi connectivity index (χ2n) is 6.56. The van der Waals surface area contributed by atoms with Crippen LogP contribution in [0, 0.1) is 5.92 Å². The number of hydrogen-bond donors (Lipinski definition) is 2. The first-order valence-corrected chi connectivity index (χ1v) is 8.72. The topological polar surface area (TPSA) is 55.1 Å². The average molecular weight is 388 g/mol. The van der Waals surface area contributed by atoms with Gasteiger partial charge in [0.15, 0.2) is 0 Å². The first-order valence-electron chi connectivity index (χ1n) is 7.93. The summed E-state index contributed by atoms with van der Waals surface area (Å²) in [6.07, 6.45) is 7.19. The van der Waals surface area contributed by atoms with E-state index >= 15 is 0 Å². The lowest BCUT2D eigenvalue weighted by Gasteiger charge is -2.44. The van der Waals surface area contributed by atoms with E-state index in [2.05, 4.69) is 33.4 Å². The van der Waals surface area contributed by atoms with Crippen molar-refractivity contribution in [2.75, 3.05) is 0 Å². The molecule has 22 heavy (non-hydrogen) atoms. The van der Waals surface area contributed by atoms with Gasteiger partial charge in [-0.2, -0.15) is 0 Å². The maximum absolute atomic E-state index is 12.6. The van der Waals surface area contributed by atoms with E-state index in [0.717, 1.165) is 43.0 Å². The number of carbonyl (C=O) groups is 1. The summed E-state index contributed by atoms with van der Waals surface area (Å²) in [5.41, 5.74) is 7.09. The summed E-state index contributed by atoms with van der Waals surface area (Å²) in [5.74, 6) is 0.295. The lowest BCUT2D eigenvalue weighted by molar-refractivity contribution is -0.129. The molecule has 0 aromatic heterocycles. The molecule has 122 valence electrons. The summed E-state index contributed by atoms with van der Waals surface area (Å²) in [6, 6.07) is 8.51. The molecule has 1 aromatic carbocycles. The van der Waals surface area contributed by atoms with E-state index in [1.807, 2.05) is 12.1 Å². The van der Waals surface area contributed by atoms with E-state index in [-0.39, 0.29) is 35.8 Å². The molecule has 3 N–H and O–H groups in total. The van der Waals surface area contributed by atoms with Crippen LogP contribution in [0.2, 0.25) is 0 Å². The fraction of sp³-hybridized carbons (Fsp3) is 0.588. The van der Waals surface area contributed by atoms with Crippen molar-refractivity contribution < 1.29 is 4.79 Å². The first-order chi connectivity index (χ1) is 10.1. The molecule has 0 bridgehead atoms. The minimum Gasteiger partial charge on any atom is -0.346 e. The molecule has 0 radical (unpaired) electrons. The molecule has 0 aliphatic heterocycles. The number of halogens is 2. The number of amides is 1. The summed E-state index contributed by atoms with van der Waals surface area (Å²) in [5, 5.41) is 3.35. The van der Waals surface area contributed by atoms with Gasteiger partial charge in [0, 0.05) is 16.4 Å². The summed E-state index contributed by atoms with van der Waals surface area (Å²) in [6.45, 7) is 0. The summed E-state index contributed by atoms with van der Waals surface area (Å²) in [7, 11) is 0. The Morgan fingerprint density at radius 1 is 1.27 bits per heavy atom. The molecule has 1 amide bonds. The largest absolute Gasteiger partial charge is 0.346 e. The molecule has 3 rings (SSSR count). The molecule has 0 spiro atoms. The summed E-state index contributed by atoms with van der Waals surface area (Å²) < 4.78 is 1.07. The van der Waals surface area contributed by atoms with Gasteiger partial charge in [0.25, 0.3) is 0 Å². The van der Waals surface area contributed by atoms with Gasteiger partial charge in [-0.1, -0.05) is 34.5 Å². The molecular formula is C17H24BrClN2O. The number of nitrogens with two attached hydrogens (primary N) is 1. The monoisotopic (exact) mass is 386 g/mol. The molecule has 1 aromatic rings. The van der Waals surface area contributed by atoms with Gasteiger partial charge < -0.3 is 11.1 Å². The molecule has 0 saturated heterocycles. The van der Waals surface area contributed by atoms with Gasteiger partial charge in [0.05, 0.1) is 5.54 Å². The molecule has 5 heteroatoms. The van der Waals surface area contributed by atoms with Crippen LogP contribution in [0.25, 0.3) is 0 Å². The van der Waals surface area contributed by atoms with Crippen molar-refractivity contribution in [2.45, 2.75) is 56.5 Å². The Kier molecular flexibility index (Phi) is 5.92. The van der Waals surface area contributed by atoms with Gasteiger partial charge in [-0.3, -0.25) is 4.79 Å². The van der Waals surface area contributed by atoms with Crippen molar-refractivity contribution in [2.24, 2.45) is 11.7 Å². The van der Waals surface area contributed by atoms with Crippen LogP contribution in [0.4, 0.5) is 0 Å². The number of benzene rings is 1. The highest BCUT2D eigenvalue weighted by molar-refractivity contribution is 9.10. The molecule has 2 atom stereocenters. The smallest absolute Gasteiger partial charge is 0.223 e. The molecule has 2 unspecified atom stereocenters. The normalized spacial score (nSPS) is 26.5. The Morgan fingerprint density at radius 3 is 2.64 bits per heavy atom. The van der Waals surface area contributed by atoms with Crippen LogP contribution in [-0.4, -0.2) is 11.9 Å². The van der Waals surface area contributed by atoms with Crippen molar-refractivity contribution in [3.05, 3.63) is 34.3 Å². The second kappa shape index (κ2) is 7.33. The highest BCUT2D eigenvalue weighted by atomic mass is 79.9. The lowest BCUT2D eigenvalue weighted by atomic mass is 9.71. The SMILES string of the molecule is Cl.NC1CCCC(C(=O)NC2(c3cccc(Br)c3)CCC2)C1. The van der Waals surface area contributed by atoms with Gasteiger partial charge in [0.2, 0.25) is 5.91 Å².